The zero-order valence-electron chi connectivity index (χ0n) is 17.0. The van der Waals surface area contributed by atoms with Gasteiger partial charge in [0.2, 0.25) is 10.0 Å². The van der Waals surface area contributed by atoms with Gasteiger partial charge in [-0.15, -0.1) is 0 Å². The standard InChI is InChI=1S/C21H25FN2O5S/c1-3-28-18-10-8-16(14-19(18)29-4-2)23-21(25)15-7-9-17(22)20(13-15)30(26,27)24-11-5-6-12-24/h7-10,13-14H,3-6,11-12H2,1-2H3,(H,23,25). The molecule has 0 unspecified atom stereocenters. The topological polar surface area (TPSA) is 84.9 Å². The highest BCUT2D eigenvalue weighted by Gasteiger charge is 2.30. The maximum absolute atomic E-state index is 14.3. The number of sulfonamides is 1. The summed E-state index contributed by atoms with van der Waals surface area (Å²) in [6, 6.07) is 8.29. The van der Waals surface area contributed by atoms with Gasteiger partial charge in [0.05, 0.1) is 13.2 Å². The lowest BCUT2D eigenvalue weighted by Crippen LogP contribution is -2.29. The zero-order chi connectivity index (χ0) is 21.7. The molecule has 30 heavy (non-hydrogen) atoms. The summed E-state index contributed by atoms with van der Waals surface area (Å²) >= 11 is 0. The largest absolute Gasteiger partial charge is 0.490 e. The highest BCUT2D eigenvalue weighted by molar-refractivity contribution is 7.89. The van der Waals surface area contributed by atoms with Crippen LogP contribution in [0.15, 0.2) is 41.3 Å². The van der Waals surface area contributed by atoms with E-state index in [9.17, 15) is 17.6 Å². The number of anilines is 1. The van der Waals surface area contributed by atoms with Crippen LogP contribution in [0.25, 0.3) is 0 Å². The van der Waals surface area contributed by atoms with Crippen LogP contribution in [0.3, 0.4) is 0 Å². The molecule has 0 bridgehead atoms. The number of halogens is 1. The zero-order valence-corrected chi connectivity index (χ0v) is 17.8. The molecule has 1 saturated heterocycles. The average Bonchev–Trinajstić information content (AvgIpc) is 3.26. The van der Waals surface area contributed by atoms with Crippen molar-refractivity contribution in [2.45, 2.75) is 31.6 Å². The van der Waals surface area contributed by atoms with Gasteiger partial charge in [-0.1, -0.05) is 0 Å². The van der Waals surface area contributed by atoms with Crippen molar-refractivity contribution in [3.63, 3.8) is 0 Å². The first-order valence-electron chi connectivity index (χ1n) is 9.87. The third-order valence-corrected chi connectivity index (χ3v) is 6.59. The highest BCUT2D eigenvalue weighted by Crippen LogP contribution is 2.31. The van der Waals surface area contributed by atoms with E-state index in [1.807, 2.05) is 13.8 Å². The summed E-state index contributed by atoms with van der Waals surface area (Å²) in [6.07, 6.45) is 1.47. The molecule has 0 radical (unpaired) electrons. The minimum absolute atomic E-state index is 0.0426. The Morgan fingerprint density at radius 2 is 1.70 bits per heavy atom. The van der Waals surface area contributed by atoms with Crippen LogP contribution < -0.4 is 14.8 Å². The minimum atomic E-state index is -3.98. The molecule has 9 heteroatoms. The van der Waals surface area contributed by atoms with E-state index in [-0.39, 0.29) is 5.56 Å². The van der Waals surface area contributed by atoms with Crippen molar-refractivity contribution >= 4 is 21.6 Å². The number of rotatable bonds is 8. The number of carbonyl (C=O) groups is 1. The van der Waals surface area contributed by atoms with E-state index in [1.54, 1.807) is 18.2 Å². The lowest BCUT2D eigenvalue weighted by molar-refractivity contribution is 0.102. The average molecular weight is 437 g/mol. The van der Waals surface area contributed by atoms with Crippen LogP contribution in [-0.4, -0.2) is 44.9 Å². The summed E-state index contributed by atoms with van der Waals surface area (Å²) in [5.41, 5.74) is 0.487. The molecule has 162 valence electrons. The third-order valence-electron chi connectivity index (χ3n) is 4.68. The van der Waals surface area contributed by atoms with Gasteiger partial charge in [-0.25, -0.2) is 12.8 Å². The fraction of sp³-hybridized carbons (Fsp3) is 0.381. The second kappa shape index (κ2) is 9.44. The van der Waals surface area contributed by atoms with Crippen LogP contribution in [0.5, 0.6) is 11.5 Å². The number of amides is 1. The van der Waals surface area contributed by atoms with Crippen LogP contribution in [0, 0.1) is 5.82 Å². The molecular formula is C21H25FN2O5S. The van der Waals surface area contributed by atoms with Crippen molar-refractivity contribution in [3.8, 4) is 11.5 Å². The van der Waals surface area contributed by atoms with Crippen LogP contribution in [0.1, 0.15) is 37.0 Å². The monoisotopic (exact) mass is 436 g/mol. The number of carbonyl (C=O) groups excluding carboxylic acids is 1. The summed E-state index contributed by atoms with van der Waals surface area (Å²) in [4.78, 5) is 12.2. The Labute approximate surface area is 175 Å². The van der Waals surface area contributed by atoms with Crippen molar-refractivity contribution < 1.29 is 27.1 Å². The van der Waals surface area contributed by atoms with Gasteiger partial charge in [-0.3, -0.25) is 4.79 Å². The van der Waals surface area contributed by atoms with E-state index in [2.05, 4.69) is 5.32 Å². The Morgan fingerprint density at radius 1 is 1.03 bits per heavy atom. The van der Waals surface area contributed by atoms with Crippen molar-refractivity contribution in [1.29, 1.82) is 0 Å². The first kappa shape index (κ1) is 22.0. The van der Waals surface area contributed by atoms with Gasteiger partial charge in [0.25, 0.3) is 5.91 Å². The molecule has 2 aromatic carbocycles. The van der Waals surface area contributed by atoms with Crippen LogP contribution in [-0.2, 0) is 10.0 Å². The molecule has 2 aromatic rings. The first-order chi connectivity index (χ1) is 14.4. The molecule has 1 aliphatic rings. The summed E-state index contributed by atoms with van der Waals surface area (Å²) in [7, 11) is -3.98. The van der Waals surface area contributed by atoms with E-state index >= 15 is 0 Å². The second-order valence-electron chi connectivity index (χ2n) is 6.74. The number of benzene rings is 2. The Hall–Kier alpha value is -2.65. The number of nitrogens with zero attached hydrogens (tertiary/aromatic N) is 1. The molecule has 1 fully saturated rings. The van der Waals surface area contributed by atoms with E-state index in [1.165, 1.54) is 10.4 Å². The van der Waals surface area contributed by atoms with Crippen molar-refractivity contribution in [1.82, 2.24) is 4.31 Å². The van der Waals surface area contributed by atoms with E-state index in [4.69, 9.17) is 9.47 Å². The molecule has 1 aliphatic heterocycles. The first-order valence-corrected chi connectivity index (χ1v) is 11.3. The SMILES string of the molecule is CCOc1ccc(NC(=O)c2ccc(F)c(S(=O)(=O)N3CCCC3)c2)cc1OCC. The smallest absolute Gasteiger partial charge is 0.255 e. The number of ether oxygens (including phenoxy) is 2. The highest BCUT2D eigenvalue weighted by atomic mass is 32.2. The van der Waals surface area contributed by atoms with Crippen LogP contribution in [0.2, 0.25) is 0 Å². The maximum atomic E-state index is 14.3. The quantitative estimate of drug-likeness (QED) is 0.683. The maximum Gasteiger partial charge on any atom is 0.255 e. The van der Waals surface area contributed by atoms with E-state index in [0.29, 0.717) is 43.5 Å². The third kappa shape index (κ3) is 4.73. The normalized spacial score (nSPS) is 14.5. The van der Waals surface area contributed by atoms with Crippen molar-refractivity contribution in [3.05, 3.63) is 47.8 Å². The Bertz CT molecular complexity index is 1020. The van der Waals surface area contributed by atoms with Crippen LogP contribution >= 0.6 is 0 Å². The summed E-state index contributed by atoms with van der Waals surface area (Å²) < 4.78 is 52.0. The molecule has 1 amide bonds. The molecular weight excluding hydrogens is 411 g/mol. The summed E-state index contributed by atoms with van der Waals surface area (Å²) in [6.45, 7) is 5.29. The summed E-state index contributed by atoms with van der Waals surface area (Å²) in [5.74, 6) is -0.399. The molecule has 0 atom stereocenters. The van der Waals surface area contributed by atoms with Gasteiger partial charge >= 0.3 is 0 Å². The molecule has 0 aliphatic carbocycles. The fourth-order valence-electron chi connectivity index (χ4n) is 3.24. The molecule has 1 heterocycles. The summed E-state index contributed by atoms with van der Waals surface area (Å²) in [5, 5.41) is 2.69. The number of nitrogens with one attached hydrogen (secondary N) is 1. The molecule has 7 nitrogen and oxygen atoms in total. The molecule has 0 spiro atoms. The van der Waals surface area contributed by atoms with E-state index < -0.39 is 26.6 Å². The number of hydrogen-bond donors (Lipinski definition) is 1. The second-order valence-corrected chi connectivity index (χ2v) is 8.64. The predicted molar refractivity (Wildman–Crippen MR) is 111 cm³/mol. The Morgan fingerprint density at radius 3 is 2.37 bits per heavy atom. The van der Waals surface area contributed by atoms with Gasteiger partial charge in [0.1, 0.15) is 10.7 Å². The van der Waals surface area contributed by atoms with Crippen molar-refractivity contribution in [2.24, 2.45) is 0 Å². The molecule has 1 N–H and O–H groups in total. The van der Waals surface area contributed by atoms with Gasteiger partial charge in [-0.2, -0.15) is 4.31 Å². The fourth-order valence-corrected chi connectivity index (χ4v) is 4.85. The van der Waals surface area contributed by atoms with Crippen LogP contribution in [0.4, 0.5) is 10.1 Å². The Balaban J connectivity index is 1.85. The van der Waals surface area contributed by atoms with E-state index in [0.717, 1.165) is 25.0 Å². The van der Waals surface area contributed by atoms with Crippen molar-refractivity contribution in [2.75, 3.05) is 31.6 Å². The van der Waals surface area contributed by atoms with Gasteiger partial charge < -0.3 is 14.8 Å². The lowest BCUT2D eigenvalue weighted by atomic mass is 10.2. The van der Waals surface area contributed by atoms with Gasteiger partial charge in [-0.05, 0) is 57.0 Å². The molecule has 3 rings (SSSR count). The number of hydrogen-bond acceptors (Lipinski definition) is 5. The van der Waals surface area contributed by atoms with Gasteiger partial charge in [0.15, 0.2) is 11.5 Å². The Kier molecular flexibility index (Phi) is 6.94. The lowest BCUT2D eigenvalue weighted by Gasteiger charge is -2.17. The molecule has 0 aromatic heterocycles. The molecule has 0 saturated carbocycles. The predicted octanol–water partition coefficient (Wildman–Crippen LogP) is 3.66. The minimum Gasteiger partial charge on any atom is -0.490 e. The van der Waals surface area contributed by atoms with Gasteiger partial charge in [0, 0.05) is 30.4 Å².